The van der Waals surface area contributed by atoms with E-state index in [9.17, 15) is 30.3 Å². The molecular weight excluding hydrogens is 747 g/mol. The average molecular weight is 798 g/mol. The van der Waals surface area contributed by atoms with Crippen LogP contribution in [0.1, 0.15) is 102 Å². The summed E-state index contributed by atoms with van der Waals surface area (Å²) in [5, 5.41) is 38.5. The third kappa shape index (κ3) is 8.76. The van der Waals surface area contributed by atoms with Crippen LogP contribution in [-0.4, -0.2) is 32.9 Å². The first-order valence-electron chi connectivity index (χ1n) is 20.0. The molecule has 2 aliphatic heterocycles. The number of hydrogen-bond acceptors (Lipinski definition) is 7. The number of carboxylic acids is 2. The summed E-state index contributed by atoms with van der Waals surface area (Å²) in [6, 6.07) is 23.1. The van der Waals surface area contributed by atoms with E-state index in [0.717, 1.165) is 83.6 Å². The Hall–Kier alpha value is -5.09. The first-order chi connectivity index (χ1) is 27.3. The Morgan fingerprint density at radius 3 is 2.30 bits per heavy atom. The fraction of sp³-hybridized carbons (Fsp3) is 0.375. The van der Waals surface area contributed by atoms with E-state index < -0.39 is 16.7 Å². The zero-order valence-corrected chi connectivity index (χ0v) is 35.1. The zero-order chi connectivity index (χ0) is 40.9. The molecule has 3 aliphatic rings. The van der Waals surface area contributed by atoms with Crippen molar-refractivity contribution in [1.29, 1.82) is 10.5 Å². The quantitative estimate of drug-likeness (QED) is 0.0884. The van der Waals surface area contributed by atoms with Gasteiger partial charge in [-0.3, -0.25) is 0 Å². The van der Waals surface area contributed by atoms with Crippen molar-refractivity contribution in [3.63, 3.8) is 0 Å². The maximum absolute atomic E-state index is 11.9. The molecule has 0 saturated heterocycles. The Kier molecular flexibility index (Phi) is 12.8. The van der Waals surface area contributed by atoms with Gasteiger partial charge in [-0.05, 0) is 104 Å². The van der Waals surface area contributed by atoms with Crippen LogP contribution in [-0.2, 0) is 21.4 Å². The second-order valence-corrected chi connectivity index (χ2v) is 18.7. The first-order valence-corrected chi connectivity index (χ1v) is 21.6. The number of unbranched alkanes of at least 4 members (excludes halogenated alkanes) is 4. The van der Waals surface area contributed by atoms with Crippen LogP contribution < -0.4 is 4.90 Å². The van der Waals surface area contributed by atoms with Gasteiger partial charge in [0.15, 0.2) is 0 Å². The van der Waals surface area contributed by atoms with Gasteiger partial charge in [0.1, 0.15) is 23.3 Å². The third-order valence-corrected chi connectivity index (χ3v) is 14.1. The van der Waals surface area contributed by atoms with Crippen molar-refractivity contribution in [3.8, 4) is 22.6 Å². The van der Waals surface area contributed by atoms with E-state index in [1.807, 2.05) is 25.1 Å². The summed E-state index contributed by atoms with van der Waals surface area (Å²) in [6.07, 6.45) is 19.2. The highest BCUT2D eigenvalue weighted by atomic mass is 32.2. The molecule has 57 heavy (non-hydrogen) atoms. The SMILES string of the molecule is CCCCCCc1cc(/C=C(\C#N)C(=O)O)sc1-c1ccc2c(c1)C(C)(C)C1C=C(C3=C(CCCC)CC(C)(/C=C(\C#N)C(=O)O)S3)C=CC1N2c1ccccc1. The predicted octanol–water partition coefficient (Wildman–Crippen LogP) is 12.3. The summed E-state index contributed by atoms with van der Waals surface area (Å²) in [5.41, 5.74) is 7.36. The van der Waals surface area contributed by atoms with Crippen molar-refractivity contribution in [2.45, 2.75) is 109 Å². The lowest BCUT2D eigenvalue weighted by Gasteiger charge is -2.51. The molecule has 1 aromatic heterocycles. The number of fused-ring (bicyclic) bond motifs is 2. The summed E-state index contributed by atoms with van der Waals surface area (Å²) in [6.45, 7) is 11.1. The van der Waals surface area contributed by atoms with E-state index in [1.54, 1.807) is 29.2 Å². The number of anilines is 2. The molecule has 6 rings (SSSR count). The number of allylic oxidation sites excluding steroid dienone is 3. The summed E-state index contributed by atoms with van der Waals surface area (Å²) in [7, 11) is 0. The van der Waals surface area contributed by atoms with Gasteiger partial charge in [0.2, 0.25) is 0 Å². The Morgan fingerprint density at radius 1 is 0.912 bits per heavy atom. The highest BCUT2D eigenvalue weighted by Crippen LogP contribution is 2.56. The topological polar surface area (TPSA) is 125 Å². The van der Waals surface area contributed by atoms with Crippen molar-refractivity contribution in [2.75, 3.05) is 4.90 Å². The number of benzene rings is 2. The molecule has 3 heterocycles. The van der Waals surface area contributed by atoms with Crippen molar-refractivity contribution in [2.24, 2.45) is 5.92 Å². The van der Waals surface area contributed by atoms with Gasteiger partial charge in [-0.2, -0.15) is 10.5 Å². The fourth-order valence-electron chi connectivity index (χ4n) is 8.55. The number of thiophene rings is 1. The van der Waals surface area contributed by atoms with E-state index in [0.29, 0.717) is 6.42 Å². The molecule has 9 heteroatoms. The number of nitriles is 2. The largest absolute Gasteiger partial charge is 0.477 e. The number of carbonyl (C=O) groups is 2. The van der Waals surface area contributed by atoms with Crippen LogP contribution in [0.5, 0.6) is 0 Å². The molecule has 1 aliphatic carbocycles. The van der Waals surface area contributed by atoms with E-state index >= 15 is 0 Å². The van der Waals surface area contributed by atoms with E-state index in [-0.39, 0.29) is 28.5 Å². The molecule has 0 bridgehead atoms. The lowest BCUT2D eigenvalue weighted by Crippen LogP contribution is -2.50. The van der Waals surface area contributed by atoms with Crippen LogP contribution in [0.2, 0.25) is 0 Å². The normalized spacial score (nSPS) is 21.4. The van der Waals surface area contributed by atoms with Gasteiger partial charge < -0.3 is 15.1 Å². The minimum atomic E-state index is -1.23. The standard InChI is InChI=1S/C48H51N3O4S2/c1-6-8-10-12-16-31-23-38(24-35(29-49)45(52)53)56-43(31)32-19-21-41-39(25-32)47(3,4)40-26-33(20-22-42(40)51(41)37-17-13-11-14-18-37)44-34(15-9-7-2)27-48(5,57-44)28-36(30-50)46(54)55/h11,13-14,17-26,28,40,42H,6-10,12,15-16,27H2,1-5H3,(H,52,53)(H,54,55)/b35-24+,36-28+. The minimum absolute atomic E-state index is 0.0344. The first kappa shape index (κ1) is 41.5. The Balaban J connectivity index is 1.47. The lowest BCUT2D eigenvalue weighted by molar-refractivity contribution is -0.133. The van der Waals surface area contributed by atoms with E-state index in [4.69, 9.17) is 0 Å². The third-order valence-electron chi connectivity index (χ3n) is 11.5. The highest BCUT2D eigenvalue weighted by Gasteiger charge is 2.47. The van der Waals surface area contributed by atoms with Gasteiger partial charge in [0.05, 0.1) is 6.04 Å². The number of nitrogens with zero attached hydrogens (tertiary/aromatic N) is 3. The summed E-state index contributed by atoms with van der Waals surface area (Å²) >= 11 is 3.22. The molecule has 0 spiro atoms. The zero-order valence-electron chi connectivity index (χ0n) is 33.5. The number of carboxylic acid groups (broad SMARTS) is 2. The Morgan fingerprint density at radius 2 is 1.63 bits per heavy atom. The van der Waals surface area contributed by atoms with Crippen LogP contribution in [0.15, 0.2) is 106 Å². The van der Waals surface area contributed by atoms with Gasteiger partial charge in [0, 0.05) is 42.1 Å². The van der Waals surface area contributed by atoms with Gasteiger partial charge in [0.25, 0.3) is 0 Å². The van der Waals surface area contributed by atoms with Crippen molar-refractivity contribution in [3.05, 3.63) is 122 Å². The Labute approximate surface area is 345 Å². The maximum atomic E-state index is 11.9. The van der Waals surface area contributed by atoms with Gasteiger partial charge >= 0.3 is 11.9 Å². The number of thioether (sulfide) groups is 1. The average Bonchev–Trinajstić information content (AvgIpc) is 3.76. The van der Waals surface area contributed by atoms with Crippen LogP contribution in [0.4, 0.5) is 11.4 Å². The van der Waals surface area contributed by atoms with Crippen LogP contribution in [0.25, 0.3) is 16.5 Å². The molecule has 0 fully saturated rings. The monoisotopic (exact) mass is 797 g/mol. The fourth-order valence-corrected chi connectivity index (χ4v) is 11.2. The lowest BCUT2D eigenvalue weighted by atomic mass is 9.64. The molecule has 3 aromatic rings. The Bertz CT molecular complexity index is 2280. The van der Waals surface area contributed by atoms with Crippen LogP contribution in [0.3, 0.4) is 0 Å². The van der Waals surface area contributed by atoms with Crippen molar-refractivity contribution < 1.29 is 19.8 Å². The molecule has 7 nitrogen and oxygen atoms in total. The summed E-state index contributed by atoms with van der Waals surface area (Å²) in [4.78, 5) is 29.2. The molecule has 2 N–H and O–H groups in total. The molecule has 294 valence electrons. The van der Waals surface area contributed by atoms with Gasteiger partial charge in [-0.15, -0.1) is 23.1 Å². The second kappa shape index (κ2) is 17.6. The summed E-state index contributed by atoms with van der Waals surface area (Å²) < 4.78 is -0.547. The molecule has 2 aromatic carbocycles. The van der Waals surface area contributed by atoms with Crippen molar-refractivity contribution >= 4 is 52.5 Å². The van der Waals surface area contributed by atoms with E-state index in [1.165, 1.54) is 27.7 Å². The molecule has 3 atom stereocenters. The number of para-hydroxylation sites is 1. The number of aliphatic carboxylic acids is 2. The molecule has 0 amide bonds. The highest BCUT2D eigenvalue weighted by molar-refractivity contribution is 8.05. The van der Waals surface area contributed by atoms with Gasteiger partial charge in [-0.1, -0.05) is 101 Å². The van der Waals surface area contributed by atoms with Crippen molar-refractivity contribution in [1.82, 2.24) is 0 Å². The molecule has 0 saturated carbocycles. The molecule has 0 radical (unpaired) electrons. The maximum Gasteiger partial charge on any atom is 0.346 e. The number of hydrogen-bond donors (Lipinski definition) is 2. The summed E-state index contributed by atoms with van der Waals surface area (Å²) in [5.74, 6) is -2.35. The van der Waals surface area contributed by atoms with Crippen LogP contribution in [0, 0.1) is 28.6 Å². The molecular formula is C48H51N3O4S2. The predicted molar refractivity (Wildman–Crippen MR) is 233 cm³/mol. The van der Waals surface area contributed by atoms with Gasteiger partial charge in [-0.25, -0.2) is 9.59 Å². The number of rotatable bonds is 15. The molecule has 3 unspecified atom stereocenters. The smallest absolute Gasteiger partial charge is 0.346 e. The second-order valence-electron chi connectivity index (χ2n) is 16.0. The van der Waals surface area contributed by atoms with Crippen LogP contribution >= 0.6 is 23.1 Å². The van der Waals surface area contributed by atoms with E-state index in [2.05, 4.69) is 99.4 Å². The minimum Gasteiger partial charge on any atom is -0.477 e. The number of aryl methyl sites for hydroxylation is 1.